The van der Waals surface area contributed by atoms with E-state index in [4.69, 9.17) is 5.26 Å². The number of rotatable bonds is 9. The zero-order valence-electron chi connectivity index (χ0n) is 16.0. The molecule has 0 aromatic carbocycles. The third kappa shape index (κ3) is 7.00. The lowest BCUT2D eigenvalue weighted by atomic mass is 9.69. The summed E-state index contributed by atoms with van der Waals surface area (Å²) in [6.45, 7) is 2.28. The molecule has 2 aliphatic carbocycles. The van der Waals surface area contributed by atoms with Crippen molar-refractivity contribution >= 4 is 0 Å². The highest BCUT2D eigenvalue weighted by Gasteiger charge is 2.30. The van der Waals surface area contributed by atoms with Crippen LogP contribution in [0.1, 0.15) is 103 Å². The number of allylic oxidation sites excluding steroid dienone is 2. The summed E-state index contributed by atoms with van der Waals surface area (Å²) < 4.78 is 0. The molecule has 1 nitrogen and oxygen atoms in total. The first kappa shape index (κ1) is 19.6. The fourth-order valence-electron chi connectivity index (χ4n) is 4.92. The van der Waals surface area contributed by atoms with Gasteiger partial charge in [-0.2, -0.15) is 5.26 Å². The van der Waals surface area contributed by atoms with Gasteiger partial charge in [-0.1, -0.05) is 51.2 Å². The maximum absolute atomic E-state index is 9.04. The SMILES string of the molecule is CCCCCC/C=C/CC[C@H]1CC[C@H]([C@H]2CC[C@H](C#N)CC2)CC1. The molecule has 0 aromatic heterocycles. The molecule has 24 heavy (non-hydrogen) atoms. The molecule has 0 saturated heterocycles. The van der Waals surface area contributed by atoms with Crippen molar-refractivity contribution in [2.24, 2.45) is 23.7 Å². The number of unbranched alkanes of at least 4 members (excludes halogenated alkanes) is 4. The fourth-order valence-corrected chi connectivity index (χ4v) is 4.92. The second kappa shape index (κ2) is 11.7. The lowest BCUT2D eigenvalue weighted by molar-refractivity contribution is 0.154. The molecule has 136 valence electrons. The van der Waals surface area contributed by atoms with Crippen molar-refractivity contribution in [2.45, 2.75) is 103 Å². The van der Waals surface area contributed by atoms with E-state index < -0.39 is 0 Å². The summed E-state index contributed by atoms with van der Waals surface area (Å²) in [5, 5.41) is 9.04. The summed E-state index contributed by atoms with van der Waals surface area (Å²) in [4.78, 5) is 0. The van der Waals surface area contributed by atoms with Crippen molar-refractivity contribution in [1.29, 1.82) is 5.26 Å². The van der Waals surface area contributed by atoms with Gasteiger partial charge < -0.3 is 0 Å². The number of hydrogen-bond donors (Lipinski definition) is 0. The molecule has 0 heterocycles. The van der Waals surface area contributed by atoms with Crippen molar-refractivity contribution in [1.82, 2.24) is 0 Å². The highest BCUT2D eigenvalue weighted by atomic mass is 14.4. The van der Waals surface area contributed by atoms with Crippen LogP contribution in [0.15, 0.2) is 12.2 Å². The van der Waals surface area contributed by atoms with Gasteiger partial charge >= 0.3 is 0 Å². The summed E-state index contributed by atoms with van der Waals surface area (Å²) in [5.41, 5.74) is 0. The average Bonchev–Trinajstić information content (AvgIpc) is 2.64. The van der Waals surface area contributed by atoms with Gasteiger partial charge in [0.25, 0.3) is 0 Å². The van der Waals surface area contributed by atoms with Crippen LogP contribution in [0.2, 0.25) is 0 Å². The minimum absolute atomic E-state index is 0.367. The number of hydrogen-bond acceptors (Lipinski definition) is 1. The molecule has 0 amide bonds. The number of nitriles is 1. The average molecular weight is 330 g/mol. The summed E-state index contributed by atoms with van der Waals surface area (Å²) in [6.07, 6.45) is 25.3. The Morgan fingerprint density at radius 3 is 2.04 bits per heavy atom. The second-order valence-electron chi connectivity index (χ2n) is 8.42. The Hall–Kier alpha value is -0.770. The smallest absolute Gasteiger partial charge is 0.0655 e. The molecular formula is C23H39N. The van der Waals surface area contributed by atoms with E-state index in [1.807, 2.05) is 0 Å². The van der Waals surface area contributed by atoms with Crippen molar-refractivity contribution in [2.75, 3.05) is 0 Å². The first-order chi connectivity index (χ1) is 11.8. The number of nitrogens with zero attached hydrogens (tertiary/aromatic N) is 1. The maximum Gasteiger partial charge on any atom is 0.0655 e. The summed E-state index contributed by atoms with van der Waals surface area (Å²) >= 11 is 0. The van der Waals surface area contributed by atoms with E-state index in [1.54, 1.807) is 0 Å². The molecule has 0 spiro atoms. The van der Waals surface area contributed by atoms with Crippen LogP contribution in [0.4, 0.5) is 0 Å². The van der Waals surface area contributed by atoms with Crippen LogP contribution in [-0.2, 0) is 0 Å². The predicted molar refractivity (Wildman–Crippen MR) is 104 cm³/mol. The van der Waals surface area contributed by atoms with Crippen LogP contribution < -0.4 is 0 Å². The normalized spacial score (nSPS) is 31.2. The maximum atomic E-state index is 9.04. The summed E-state index contributed by atoms with van der Waals surface area (Å²) in [5.74, 6) is 3.28. The Labute approximate surface area is 150 Å². The Kier molecular flexibility index (Phi) is 9.55. The lowest BCUT2D eigenvalue weighted by Crippen LogP contribution is -2.25. The quantitative estimate of drug-likeness (QED) is 0.319. The molecule has 0 aliphatic heterocycles. The van der Waals surface area contributed by atoms with Crippen LogP contribution in [0.5, 0.6) is 0 Å². The van der Waals surface area contributed by atoms with Gasteiger partial charge in [0.05, 0.1) is 6.07 Å². The van der Waals surface area contributed by atoms with E-state index in [9.17, 15) is 0 Å². The van der Waals surface area contributed by atoms with Crippen molar-refractivity contribution in [3.05, 3.63) is 12.2 Å². The minimum atomic E-state index is 0.367. The molecule has 0 unspecified atom stereocenters. The molecule has 0 aromatic rings. The van der Waals surface area contributed by atoms with Crippen LogP contribution in [0.25, 0.3) is 0 Å². The van der Waals surface area contributed by atoms with Gasteiger partial charge in [0.15, 0.2) is 0 Å². The molecule has 1 heteroatoms. The van der Waals surface area contributed by atoms with Crippen molar-refractivity contribution in [3.8, 4) is 6.07 Å². The Bertz CT molecular complexity index is 375. The second-order valence-corrected chi connectivity index (χ2v) is 8.42. The van der Waals surface area contributed by atoms with Gasteiger partial charge in [-0.15, -0.1) is 0 Å². The molecular weight excluding hydrogens is 290 g/mol. The van der Waals surface area contributed by atoms with E-state index in [2.05, 4.69) is 25.1 Å². The lowest BCUT2D eigenvalue weighted by Gasteiger charge is -2.36. The zero-order valence-corrected chi connectivity index (χ0v) is 16.0. The van der Waals surface area contributed by atoms with Gasteiger partial charge in [-0.3, -0.25) is 0 Å². The minimum Gasteiger partial charge on any atom is -0.198 e. The Balaban J connectivity index is 1.52. The van der Waals surface area contributed by atoms with E-state index in [0.29, 0.717) is 5.92 Å². The topological polar surface area (TPSA) is 23.8 Å². The molecule has 0 atom stereocenters. The highest BCUT2D eigenvalue weighted by molar-refractivity contribution is 4.90. The Morgan fingerprint density at radius 2 is 1.42 bits per heavy atom. The molecule has 0 N–H and O–H groups in total. The monoisotopic (exact) mass is 329 g/mol. The zero-order chi connectivity index (χ0) is 17.0. The molecule has 2 aliphatic rings. The van der Waals surface area contributed by atoms with Gasteiger partial charge in [0.1, 0.15) is 0 Å². The summed E-state index contributed by atoms with van der Waals surface area (Å²) in [7, 11) is 0. The van der Waals surface area contributed by atoms with Crippen LogP contribution >= 0.6 is 0 Å². The molecule has 2 saturated carbocycles. The molecule has 2 fully saturated rings. The van der Waals surface area contributed by atoms with Crippen molar-refractivity contribution in [3.63, 3.8) is 0 Å². The van der Waals surface area contributed by atoms with E-state index in [1.165, 1.54) is 96.3 Å². The summed E-state index contributed by atoms with van der Waals surface area (Å²) in [6, 6.07) is 2.48. The molecule has 0 radical (unpaired) electrons. The van der Waals surface area contributed by atoms with Crippen molar-refractivity contribution < 1.29 is 0 Å². The highest BCUT2D eigenvalue weighted by Crippen LogP contribution is 2.42. The third-order valence-electron chi connectivity index (χ3n) is 6.65. The van der Waals surface area contributed by atoms with Crippen LogP contribution in [0, 0.1) is 35.0 Å². The molecule has 0 bridgehead atoms. The predicted octanol–water partition coefficient (Wildman–Crippen LogP) is 7.43. The first-order valence-electron chi connectivity index (χ1n) is 10.9. The first-order valence-corrected chi connectivity index (χ1v) is 10.9. The van der Waals surface area contributed by atoms with Gasteiger partial charge in [0, 0.05) is 5.92 Å². The van der Waals surface area contributed by atoms with Gasteiger partial charge in [0.2, 0.25) is 0 Å². The third-order valence-corrected chi connectivity index (χ3v) is 6.65. The van der Waals surface area contributed by atoms with Gasteiger partial charge in [-0.25, -0.2) is 0 Å². The van der Waals surface area contributed by atoms with Gasteiger partial charge in [-0.05, 0) is 82.0 Å². The van der Waals surface area contributed by atoms with E-state index in [0.717, 1.165) is 17.8 Å². The molecule has 2 rings (SSSR count). The van der Waals surface area contributed by atoms with E-state index >= 15 is 0 Å². The standard InChI is InChI=1S/C23H39N/c1-2-3-4-5-6-7-8-9-10-20-11-15-22(16-12-20)23-17-13-21(19-24)14-18-23/h7-8,20-23H,2-6,9-18H2,1H3/b8-7+/t20-,21-,22-,23-. The van der Waals surface area contributed by atoms with Crippen LogP contribution in [0.3, 0.4) is 0 Å². The fraction of sp³-hybridized carbons (Fsp3) is 0.870. The van der Waals surface area contributed by atoms with Crippen LogP contribution in [-0.4, -0.2) is 0 Å². The largest absolute Gasteiger partial charge is 0.198 e. The van der Waals surface area contributed by atoms with E-state index in [-0.39, 0.29) is 0 Å². The Morgan fingerprint density at radius 1 is 0.792 bits per heavy atom.